The lowest BCUT2D eigenvalue weighted by atomic mass is 9.81. The Labute approximate surface area is 94.3 Å². The number of sulfone groups is 1. The average Bonchev–Trinajstić information content (AvgIpc) is 2.83. The summed E-state index contributed by atoms with van der Waals surface area (Å²) in [6, 6.07) is 8.00. The lowest BCUT2D eigenvalue weighted by Crippen LogP contribution is -2.55. The van der Waals surface area contributed by atoms with E-state index in [4.69, 9.17) is 4.74 Å². The van der Waals surface area contributed by atoms with Crippen LogP contribution in [-0.4, -0.2) is 18.9 Å². The van der Waals surface area contributed by atoms with Gasteiger partial charge in [0.2, 0.25) is 0 Å². The van der Waals surface area contributed by atoms with Crippen molar-refractivity contribution in [3.8, 4) is 0 Å². The van der Waals surface area contributed by atoms with Crippen molar-refractivity contribution in [2.75, 3.05) is 0 Å². The van der Waals surface area contributed by atoms with E-state index in [2.05, 4.69) is 6.07 Å². The highest BCUT2D eigenvalue weighted by atomic mass is 32.2. The fraction of sp³-hybridized carbons (Fsp3) is 0.500. The van der Waals surface area contributed by atoms with Gasteiger partial charge >= 0.3 is 0 Å². The van der Waals surface area contributed by atoms with Crippen molar-refractivity contribution in [3.05, 3.63) is 35.4 Å². The van der Waals surface area contributed by atoms with E-state index in [0.717, 1.165) is 5.56 Å². The average molecular weight is 236 g/mol. The molecule has 1 aromatic rings. The third kappa shape index (κ3) is 0.769. The van der Waals surface area contributed by atoms with Crippen LogP contribution in [0.1, 0.15) is 30.3 Å². The summed E-state index contributed by atoms with van der Waals surface area (Å²) in [6.07, 6.45) is -0.183. The van der Waals surface area contributed by atoms with Crippen LogP contribution in [0.3, 0.4) is 0 Å². The number of fused-ring (bicyclic) bond motifs is 8. The molecule has 0 N–H and O–H groups in total. The predicted molar refractivity (Wildman–Crippen MR) is 58.7 cm³/mol. The van der Waals surface area contributed by atoms with E-state index in [9.17, 15) is 8.42 Å². The molecule has 0 amide bonds. The highest BCUT2D eigenvalue weighted by Crippen LogP contribution is 2.63. The number of rotatable bonds is 0. The van der Waals surface area contributed by atoms with Gasteiger partial charge in [0.1, 0.15) is 6.10 Å². The maximum absolute atomic E-state index is 12.0. The Balaban J connectivity index is 1.92. The van der Waals surface area contributed by atoms with Crippen molar-refractivity contribution in [2.24, 2.45) is 5.92 Å². The van der Waals surface area contributed by atoms with Crippen molar-refractivity contribution in [2.45, 2.75) is 29.6 Å². The van der Waals surface area contributed by atoms with E-state index in [1.165, 1.54) is 5.56 Å². The smallest absolute Gasteiger partial charge is 0.159 e. The SMILES string of the molecule is CC1C2C3OC(c4ccccc43)C2S1(=O)=O. The largest absolute Gasteiger partial charge is 0.364 e. The summed E-state index contributed by atoms with van der Waals surface area (Å²) in [5.74, 6) is 0.185. The molecule has 84 valence electrons. The Morgan fingerprint density at radius 1 is 1.12 bits per heavy atom. The molecule has 4 rings (SSSR count). The molecule has 0 saturated carbocycles. The third-order valence-electron chi connectivity index (χ3n) is 4.37. The molecule has 0 spiro atoms. The third-order valence-corrected chi connectivity index (χ3v) is 7.04. The van der Waals surface area contributed by atoms with Gasteiger partial charge in [-0.2, -0.15) is 0 Å². The van der Waals surface area contributed by atoms with Gasteiger partial charge in [-0.15, -0.1) is 0 Å². The number of benzene rings is 1. The molecule has 0 aromatic heterocycles. The van der Waals surface area contributed by atoms with Crippen molar-refractivity contribution in [3.63, 3.8) is 0 Å². The molecular weight excluding hydrogens is 224 g/mol. The first-order valence-corrected chi connectivity index (χ1v) is 7.20. The zero-order valence-electron chi connectivity index (χ0n) is 8.83. The standard InChI is InChI=1S/C12H12O3S/c1-6-9-10-7-4-2-3-5-8(7)11(15-10)12(9)16(6,13)14/h2-6,9-12H,1H3. The van der Waals surface area contributed by atoms with E-state index in [1.54, 1.807) is 0 Å². The van der Waals surface area contributed by atoms with Crippen LogP contribution in [0, 0.1) is 5.92 Å². The Hall–Kier alpha value is -0.870. The van der Waals surface area contributed by atoms with E-state index in [1.807, 2.05) is 25.1 Å². The molecule has 0 radical (unpaired) electrons. The maximum Gasteiger partial charge on any atom is 0.159 e. The van der Waals surface area contributed by atoms with Crippen LogP contribution in [0.2, 0.25) is 0 Å². The zero-order chi connectivity index (χ0) is 11.1. The molecule has 3 heterocycles. The van der Waals surface area contributed by atoms with Gasteiger partial charge in [0, 0.05) is 5.92 Å². The Morgan fingerprint density at radius 2 is 1.75 bits per heavy atom. The quantitative estimate of drug-likeness (QED) is 0.687. The molecule has 5 unspecified atom stereocenters. The minimum atomic E-state index is -2.94. The fourth-order valence-electron chi connectivity index (χ4n) is 3.54. The van der Waals surface area contributed by atoms with Crippen molar-refractivity contribution < 1.29 is 13.2 Å². The highest BCUT2D eigenvalue weighted by molar-refractivity contribution is 7.94. The summed E-state index contributed by atoms with van der Waals surface area (Å²) in [5.41, 5.74) is 2.29. The number of hydrogen-bond acceptors (Lipinski definition) is 3. The first kappa shape index (κ1) is 9.19. The minimum Gasteiger partial charge on any atom is -0.364 e. The molecule has 3 nitrogen and oxygen atoms in total. The maximum atomic E-state index is 12.0. The van der Waals surface area contributed by atoms with Crippen LogP contribution in [0.4, 0.5) is 0 Å². The molecule has 16 heavy (non-hydrogen) atoms. The molecular formula is C12H12O3S. The van der Waals surface area contributed by atoms with Crippen molar-refractivity contribution in [1.29, 1.82) is 0 Å². The Morgan fingerprint density at radius 3 is 2.44 bits per heavy atom. The Bertz CT molecular complexity index is 578. The zero-order valence-corrected chi connectivity index (χ0v) is 9.65. The first-order chi connectivity index (χ1) is 7.62. The lowest BCUT2D eigenvalue weighted by molar-refractivity contribution is 0.0623. The molecule has 4 heteroatoms. The summed E-state index contributed by atoms with van der Waals surface area (Å²) >= 11 is 0. The second-order valence-corrected chi connectivity index (χ2v) is 7.41. The van der Waals surface area contributed by atoms with E-state index < -0.39 is 9.84 Å². The fourth-order valence-corrected chi connectivity index (χ4v) is 5.89. The van der Waals surface area contributed by atoms with Gasteiger partial charge in [0.15, 0.2) is 9.84 Å². The summed E-state index contributed by atoms with van der Waals surface area (Å²) in [4.78, 5) is 0. The molecule has 1 aromatic carbocycles. The van der Waals surface area contributed by atoms with Crippen LogP contribution in [0.15, 0.2) is 24.3 Å². The highest BCUT2D eigenvalue weighted by Gasteiger charge is 2.68. The minimum absolute atomic E-state index is 0.0183. The van der Waals surface area contributed by atoms with Crippen LogP contribution in [-0.2, 0) is 14.6 Å². The van der Waals surface area contributed by atoms with Gasteiger partial charge in [0.25, 0.3) is 0 Å². The van der Waals surface area contributed by atoms with Crippen LogP contribution < -0.4 is 0 Å². The van der Waals surface area contributed by atoms with Crippen molar-refractivity contribution in [1.82, 2.24) is 0 Å². The van der Waals surface area contributed by atoms with Crippen LogP contribution >= 0.6 is 0 Å². The van der Waals surface area contributed by atoms with Gasteiger partial charge in [-0.05, 0) is 18.1 Å². The van der Waals surface area contributed by atoms with Crippen LogP contribution in [0.25, 0.3) is 0 Å². The van der Waals surface area contributed by atoms with Gasteiger partial charge < -0.3 is 4.74 Å². The van der Waals surface area contributed by atoms with Gasteiger partial charge in [0.05, 0.1) is 16.6 Å². The predicted octanol–water partition coefficient (Wildman–Crippen LogP) is 1.61. The number of ether oxygens (including phenoxy) is 1. The number of hydrogen-bond donors (Lipinski definition) is 0. The van der Waals surface area contributed by atoms with Crippen molar-refractivity contribution >= 4 is 9.84 Å². The van der Waals surface area contributed by atoms with Crippen LogP contribution in [0.5, 0.6) is 0 Å². The lowest BCUT2D eigenvalue weighted by Gasteiger charge is -2.43. The second-order valence-electron chi connectivity index (χ2n) is 4.94. The van der Waals surface area contributed by atoms with Gasteiger partial charge in [-0.1, -0.05) is 24.3 Å². The van der Waals surface area contributed by atoms with Gasteiger partial charge in [-0.3, -0.25) is 0 Å². The van der Waals surface area contributed by atoms with E-state index in [0.29, 0.717) is 0 Å². The second kappa shape index (κ2) is 2.51. The summed E-state index contributed by atoms with van der Waals surface area (Å²) in [7, 11) is -2.94. The van der Waals surface area contributed by atoms with E-state index in [-0.39, 0.29) is 28.6 Å². The molecule has 5 atom stereocenters. The first-order valence-electron chi connectivity index (χ1n) is 5.59. The summed E-state index contributed by atoms with van der Waals surface area (Å²) in [5, 5.41) is -0.511. The van der Waals surface area contributed by atoms with Gasteiger partial charge in [-0.25, -0.2) is 8.42 Å². The normalized spacial score (nSPS) is 45.9. The monoisotopic (exact) mass is 236 g/mol. The molecule has 3 aliphatic heterocycles. The molecule has 2 saturated heterocycles. The van der Waals surface area contributed by atoms with E-state index >= 15 is 0 Å². The topological polar surface area (TPSA) is 43.4 Å². The molecule has 2 bridgehead atoms. The molecule has 2 fully saturated rings. The molecule has 0 aliphatic carbocycles. The summed E-state index contributed by atoms with van der Waals surface area (Å²) in [6.45, 7) is 1.81. The summed E-state index contributed by atoms with van der Waals surface area (Å²) < 4.78 is 29.8. The molecule has 3 aliphatic rings. The Kier molecular flexibility index (Phi) is 1.44.